The second-order valence-corrected chi connectivity index (χ2v) is 17.5. The summed E-state index contributed by atoms with van der Waals surface area (Å²) in [6.45, 7) is 5.44. The van der Waals surface area contributed by atoms with Crippen LogP contribution in [0.15, 0.2) is 110 Å². The lowest BCUT2D eigenvalue weighted by Gasteiger charge is -2.32. The molecular formula is C56H60N8O12. The van der Waals surface area contributed by atoms with E-state index in [4.69, 9.17) is 28.4 Å². The molecule has 0 saturated heterocycles. The van der Waals surface area contributed by atoms with Crippen LogP contribution in [0.5, 0.6) is 0 Å². The number of rotatable bonds is 32. The van der Waals surface area contributed by atoms with Crippen LogP contribution in [0.4, 0.5) is 0 Å². The van der Waals surface area contributed by atoms with Crippen molar-refractivity contribution in [3.05, 3.63) is 143 Å². The summed E-state index contributed by atoms with van der Waals surface area (Å²) in [5, 5.41) is 6.36. The number of aromatic nitrogens is 4. The molecule has 0 aliphatic carbocycles. The molecule has 0 fully saturated rings. The zero-order chi connectivity index (χ0) is 52.9. The highest BCUT2D eigenvalue weighted by molar-refractivity contribution is 6.33. The lowest BCUT2D eigenvalue weighted by atomic mass is 9.86. The SMILES string of the molecule is O=C(NCCCOCCOCCOCCCN1C(=O)c2ccc3c4c(ccc(c24)C1=O)C(=O)N(CCCOCCOCCOCCCNC(=O)c1ccc(-c2ccccn2)nc1)C3=O)c1ccc(-c2ccccn2)nc1. The number of nitrogens with one attached hydrogen (secondary N) is 2. The number of amides is 6. The molecule has 6 amide bonds. The molecule has 2 aliphatic rings. The van der Waals surface area contributed by atoms with Gasteiger partial charge in [-0.15, -0.1) is 0 Å². The first kappa shape index (κ1) is 54.5. The van der Waals surface area contributed by atoms with Gasteiger partial charge in [0.15, 0.2) is 0 Å². The third-order valence-electron chi connectivity index (χ3n) is 12.3. The van der Waals surface area contributed by atoms with Crippen molar-refractivity contribution in [1.29, 1.82) is 0 Å². The van der Waals surface area contributed by atoms with Gasteiger partial charge in [0, 0.05) is 110 Å². The average Bonchev–Trinajstić information content (AvgIpc) is 3.51. The summed E-state index contributed by atoms with van der Waals surface area (Å²) >= 11 is 0. The topological polar surface area (TPSA) is 240 Å². The first-order chi connectivity index (χ1) is 37.3. The number of benzene rings is 2. The second-order valence-electron chi connectivity index (χ2n) is 17.5. The van der Waals surface area contributed by atoms with Crippen LogP contribution in [0, 0.1) is 0 Å². The molecule has 0 atom stereocenters. The average molecular weight is 1040 g/mol. The van der Waals surface area contributed by atoms with E-state index in [9.17, 15) is 28.8 Å². The number of ether oxygens (including phenoxy) is 6. The third-order valence-corrected chi connectivity index (χ3v) is 12.3. The Kier molecular flexibility index (Phi) is 20.3. The summed E-state index contributed by atoms with van der Waals surface area (Å²) in [7, 11) is 0. The van der Waals surface area contributed by atoms with Crippen LogP contribution < -0.4 is 10.6 Å². The quantitative estimate of drug-likeness (QED) is 0.0394. The van der Waals surface area contributed by atoms with E-state index in [0.29, 0.717) is 138 Å². The molecule has 2 aliphatic heterocycles. The number of carbonyl (C=O) groups excluding carboxylic acids is 6. The van der Waals surface area contributed by atoms with Gasteiger partial charge in [-0.05, 0) is 98.5 Å². The maximum Gasteiger partial charge on any atom is 0.261 e. The molecule has 0 radical (unpaired) electrons. The highest BCUT2D eigenvalue weighted by atomic mass is 16.5. The molecule has 0 unspecified atom stereocenters. The molecule has 20 heteroatoms. The van der Waals surface area contributed by atoms with Crippen molar-refractivity contribution in [1.82, 2.24) is 40.4 Å². The Balaban J connectivity index is 0.639. The molecule has 20 nitrogen and oxygen atoms in total. The molecule has 2 N–H and O–H groups in total. The van der Waals surface area contributed by atoms with Crippen LogP contribution in [-0.4, -0.2) is 171 Å². The lowest BCUT2D eigenvalue weighted by Crippen LogP contribution is -2.44. The van der Waals surface area contributed by atoms with E-state index in [0.717, 1.165) is 11.4 Å². The summed E-state index contributed by atoms with van der Waals surface area (Å²) in [4.78, 5) is 99.2. The molecule has 396 valence electrons. The van der Waals surface area contributed by atoms with Crippen molar-refractivity contribution in [3.8, 4) is 22.8 Å². The number of imide groups is 2. The lowest BCUT2D eigenvalue weighted by molar-refractivity contribution is 0.0127. The smallest absolute Gasteiger partial charge is 0.261 e. The van der Waals surface area contributed by atoms with Gasteiger partial charge < -0.3 is 39.1 Å². The predicted molar refractivity (Wildman–Crippen MR) is 278 cm³/mol. The number of pyridine rings is 4. The summed E-state index contributed by atoms with van der Waals surface area (Å²) in [6, 6.07) is 24.3. The number of nitrogens with zero attached hydrogens (tertiary/aromatic N) is 6. The van der Waals surface area contributed by atoms with Crippen molar-refractivity contribution in [2.75, 3.05) is 105 Å². The summed E-state index contributed by atoms with van der Waals surface area (Å²) < 4.78 is 33.8. The molecular weight excluding hydrogens is 977 g/mol. The Bertz CT molecular complexity index is 2660. The zero-order valence-electron chi connectivity index (χ0n) is 42.1. The van der Waals surface area contributed by atoms with Gasteiger partial charge in [0.2, 0.25) is 0 Å². The van der Waals surface area contributed by atoms with E-state index < -0.39 is 23.6 Å². The largest absolute Gasteiger partial charge is 0.379 e. The minimum Gasteiger partial charge on any atom is -0.379 e. The van der Waals surface area contributed by atoms with E-state index in [-0.39, 0.29) is 60.4 Å². The van der Waals surface area contributed by atoms with Gasteiger partial charge >= 0.3 is 0 Å². The molecule has 2 aromatic carbocycles. The maximum absolute atomic E-state index is 13.7. The molecule has 4 aromatic heterocycles. The molecule has 0 spiro atoms. The van der Waals surface area contributed by atoms with Crippen molar-refractivity contribution in [2.45, 2.75) is 25.7 Å². The van der Waals surface area contributed by atoms with Crippen molar-refractivity contribution in [2.24, 2.45) is 0 Å². The van der Waals surface area contributed by atoms with Crippen LogP contribution in [0.1, 0.15) is 87.8 Å². The van der Waals surface area contributed by atoms with E-state index in [1.54, 1.807) is 60.9 Å². The van der Waals surface area contributed by atoms with Gasteiger partial charge in [0.1, 0.15) is 0 Å². The van der Waals surface area contributed by atoms with Crippen molar-refractivity contribution >= 4 is 46.2 Å². The van der Waals surface area contributed by atoms with Gasteiger partial charge in [-0.1, -0.05) is 12.1 Å². The van der Waals surface area contributed by atoms with E-state index in [2.05, 4.69) is 30.6 Å². The Labute approximate surface area is 439 Å². The van der Waals surface area contributed by atoms with Gasteiger partial charge in [0.25, 0.3) is 35.4 Å². The number of carbonyl (C=O) groups is 6. The summed E-state index contributed by atoms with van der Waals surface area (Å²) in [5.41, 5.74) is 4.82. The fraction of sp³-hybridized carbons (Fsp3) is 0.357. The fourth-order valence-corrected chi connectivity index (χ4v) is 8.46. The first-order valence-corrected chi connectivity index (χ1v) is 25.4. The second kappa shape index (κ2) is 28.3. The minimum atomic E-state index is -0.497. The third kappa shape index (κ3) is 14.4. The van der Waals surface area contributed by atoms with Crippen LogP contribution in [-0.2, 0) is 28.4 Å². The van der Waals surface area contributed by atoms with Gasteiger partial charge in [0.05, 0.1) is 86.8 Å². The minimum absolute atomic E-state index is 0.120. The van der Waals surface area contributed by atoms with Gasteiger partial charge in [-0.2, -0.15) is 0 Å². The first-order valence-electron chi connectivity index (χ1n) is 25.4. The summed E-state index contributed by atoms with van der Waals surface area (Å²) in [5.74, 6) is -2.41. The van der Waals surface area contributed by atoms with Gasteiger partial charge in [-0.3, -0.25) is 58.5 Å². The Morgan fingerprint density at radius 3 is 1.03 bits per heavy atom. The molecule has 8 rings (SSSR count). The van der Waals surface area contributed by atoms with Crippen LogP contribution in [0.2, 0.25) is 0 Å². The monoisotopic (exact) mass is 1040 g/mol. The number of hydrogen-bond donors (Lipinski definition) is 2. The molecule has 0 bridgehead atoms. The van der Waals surface area contributed by atoms with E-state index in [1.165, 1.54) is 22.2 Å². The predicted octanol–water partition coefficient (Wildman–Crippen LogP) is 5.47. The van der Waals surface area contributed by atoms with E-state index >= 15 is 0 Å². The highest BCUT2D eigenvalue weighted by Gasteiger charge is 2.39. The van der Waals surface area contributed by atoms with Crippen LogP contribution in [0.3, 0.4) is 0 Å². The van der Waals surface area contributed by atoms with Crippen molar-refractivity contribution < 1.29 is 57.2 Å². The van der Waals surface area contributed by atoms with E-state index in [1.807, 2.05) is 36.4 Å². The Morgan fingerprint density at radius 2 is 0.711 bits per heavy atom. The van der Waals surface area contributed by atoms with Gasteiger partial charge in [-0.25, -0.2) is 0 Å². The molecule has 76 heavy (non-hydrogen) atoms. The maximum atomic E-state index is 13.7. The van der Waals surface area contributed by atoms with Crippen LogP contribution in [0.25, 0.3) is 33.5 Å². The van der Waals surface area contributed by atoms with Crippen molar-refractivity contribution in [3.63, 3.8) is 0 Å². The molecule has 6 aromatic rings. The summed E-state index contributed by atoms with van der Waals surface area (Å²) in [6.07, 6.45) is 8.50. The Morgan fingerprint density at radius 1 is 0.382 bits per heavy atom. The highest BCUT2D eigenvalue weighted by Crippen LogP contribution is 2.38. The fourth-order valence-electron chi connectivity index (χ4n) is 8.46. The van der Waals surface area contributed by atoms with Crippen LogP contribution >= 0.6 is 0 Å². The molecule has 6 heterocycles. The number of hydrogen-bond acceptors (Lipinski definition) is 16. The normalized spacial score (nSPS) is 12.9. The zero-order valence-corrected chi connectivity index (χ0v) is 42.1. The standard InChI is InChI=1S/C56H60N8O12/c65-51(39-11-17-47(61-37-39)45-9-1-3-19-57-45)59-21-5-25-71-29-33-75-35-31-73-27-7-23-63-53(67)41-13-15-43-50-44(16-14-42(49(41)50)54(63)68)56(70)64(55(43)69)24-8-28-74-32-36-76-34-30-72-26-6-22-60-52(66)40-12-18-48(62-38-40)46-10-2-4-20-58-46/h1-4,9-20,37-38H,5-8,21-36H2,(H,59,65)(H,60,66). The molecule has 0 saturated carbocycles. The Hall–Kier alpha value is -7.72.